The fraction of sp³-hybridized carbons (Fsp3) is 0.583. The quantitative estimate of drug-likeness (QED) is 0.792. The van der Waals surface area contributed by atoms with Gasteiger partial charge in [0.25, 0.3) is 0 Å². The molecule has 0 amide bonds. The standard InChI is InChI=1S/C12H17FN4/c1-16-4-6-17(7-5-16)12-10-3-2-9(13)8-11(10)14-15-12/h2-3,9H,4-8H2,1H3,(H,14,15). The third-order valence-electron chi connectivity index (χ3n) is 3.54. The first-order valence-corrected chi connectivity index (χ1v) is 6.07. The molecule has 1 fully saturated rings. The van der Waals surface area contributed by atoms with Gasteiger partial charge in [0.1, 0.15) is 6.17 Å². The molecule has 0 aromatic carbocycles. The van der Waals surface area contributed by atoms with E-state index < -0.39 is 6.17 Å². The van der Waals surface area contributed by atoms with Crippen molar-refractivity contribution in [2.75, 3.05) is 38.1 Å². The van der Waals surface area contributed by atoms with Crippen LogP contribution in [0.5, 0.6) is 0 Å². The number of rotatable bonds is 1. The first-order valence-electron chi connectivity index (χ1n) is 6.07. The molecule has 0 saturated carbocycles. The van der Waals surface area contributed by atoms with E-state index in [1.807, 2.05) is 6.08 Å². The monoisotopic (exact) mass is 236 g/mol. The van der Waals surface area contributed by atoms with Crippen LogP contribution < -0.4 is 4.90 Å². The van der Waals surface area contributed by atoms with Gasteiger partial charge in [-0.15, -0.1) is 0 Å². The number of fused-ring (bicyclic) bond motifs is 1. The van der Waals surface area contributed by atoms with Gasteiger partial charge >= 0.3 is 0 Å². The van der Waals surface area contributed by atoms with E-state index in [2.05, 4.69) is 27.0 Å². The Hall–Kier alpha value is -1.36. The van der Waals surface area contributed by atoms with Crippen LogP contribution in [0.2, 0.25) is 0 Å². The van der Waals surface area contributed by atoms with E-state index >= 15 is 0 Å². The van der Waals surface area contributed by atoms with Crippen LogP contribution in [0.3, 0.4) is 0 Å². The van der Waals surface area contributed by atoms with E-state index in [-0.39, 0.29) is 0 Å². The SMILES string of the molecule is CN1CCN(c2n[nH]c3c2C=CC(F)C3)CC1. The molecule has 2 aliphatic rings. The van der Waals surface area contributed by atoms with Gasteiger partial charge in [0.2, 0.25) is 0 Å². The summed E-state index contributed by atoms with van der Waals surface area (Å²) in [6, 6.07) is 0. The van der Waals surface area contributed by atoms with Gasteiger partial charge in [-0.2, -0.15) is 5.10 Å². The maximum Gasteiger partial charge on any atom is 0.158 e. The third-order valence-corrected chi connectivity index (χ3v) is 3.54. The first-order chi connectivity index (χ1) is 8.24. The van der Waals surface area contributed by atoms with Crippen LogP contribution in [-0.2, 0) is 6.42 Å². The zero-order chi connectivity index (χ0) is 11.8. The Kier molecular flexibility index (Phi) is 2.63. The molecule has 1 aromatic heterocycles. The second kappa shape index (κ2) is 4.14. The zero-order valence-electron chi connectivity index (χ0n) is 9.99. The molecule has 92 valence electrons. The number of alkyl halides is 1. The zero-order valence-corrected chi connectivity index (χ0v) is 9.99. The van der Waals surface area contributed by atoms with Crippen LogP contribution in [0.15, 0.2) is 6.08 Å². The molecule has 1 unspecified atom stereocenters. The fourth-order valence-electron chi connectivity index (χ4n) is 2.43. The van der Waals surface area contributed by atoms with Crippen LogP contribution in [0.4, 0.5) is 10.2 Å². The van der Waals surface area contributed by atoms with Crippen LogP contribution in [0, 0.1) is 0 Å². The molecule has 1 aromatic rings. The van der Waals surface area contributed by atoms with Crippen molar-refractivity contribution in [1.82, 2.24) is 15.1 Å². The van der Waals surface area contributed by atoms with Gasteiger partial charge in [-0.05, 0) is 13.1 Å². The Labute approximate surface area is 100 Å². The molecule has 2 heterocycles. The Morgan fingerprint density at radius 3 is 2.88 bits per heavy atom. The number of aromatic amines is 1. The summed E-state index contributed by atoms with van der Waals surface area (Å²) in [5.74, 6) is 0.983. The van der Waals surface area contributed by atoms with Crippen molar-refractivity contribution in [3.05, 3.63) is 17.3 Å². The van der Waals surface area contributed by atoms with Crippen molar-refractivity contribution in [1.29, 1.82) is 0 Å². The molecule has 1 aliphatic heterocycles. The highest BCUT2D eigenvalue weighted by Crippen LogP contribution is 2.28. The minimum absolute atomic E-state index is 0.423. The minimum Gasteiger partial charge on any atom is -0.352 e. The highest BCUT2D eigenvalue weighted by molar-refractivity contribution is 5.68. The number of anilines is 1. The summed E-state index contributed by atoms with van der Waals surface area (Å²) in [5.41, 5.74) is 2.00. The molecular formula is C12H17FN4. The summed E-state index contributed by atoms with van der Waals surface area (Å²) < 4.78 is 13.2. The Morgan fingerprint density at radius 1 is 1.35 bits per heavy atom. The summed E-state index contributed by atoms with van der Waals surface area (Å²) in [7, 11) is 2.13. The highest BCUT2D eigenvalue weighted by Gasteiger charge is 2.23. The van der Waals surface area contributed by atoms with Crippen LogP contribution >= 0.6 is 0 Å². The lowest BCUT2D eigenvalue weighted by Gasteiger charge is -2.33. The molecular weight excluding hydrogens is 219 g/mol. The van der Waals surface area contributed by atoms with Crippen LogP contribution in [0.25, 0.3) is 6.08 Å². The number of likely N-dealkylation sites (N-methyl/N-ethyl adjacent to an activating group) is 1. The number of aromatic nitrogens is 2. The minimum atomic E-state index is -0.872. The molecule has 0 radical (unpaired) electrons. The second-order valence-electron chi connectivity index (χ2n) is 4.81. The number of hydrogen-bond donors (Lipinski definition) is 1. The number of halogens is 1. The van der Waals surface area contributed by atoms with Gasteiger partial charge in [-0.25, -0.2) is 4.39 Å². The molecule has 1 atom stereocenters. The van der Waals surface area contributed by atoms with Gasteiger partial charge in [-0.3, -0.25) is 5.10 Å². The van der Waals surface area contributed by atoms with Crippen molar-refractivity contribution < 1.29 is 4.39 Å². The van der Waals surface area contributed by atoms with Gasteiger partial charge in [0.15, 0.2) is 5.82 Å². The normalized spacial score (nSPS) is 25.1. The summed E-state index contributed by atoms with van der Waals surface area (Å²) in [5, 5.41) is 7.31. The van der Waals surface area contributed by atoms with Gasteiger partial charge < -0.3 is 9.80 Å². The maximum absolute atomic E-state index is 13.2. The molecule has 0 spiro atoms. The van der Waals surface area contributed by atoms with Gasteiger partial charge in [0, 0.05) is 43.9 Å². The predicted molar refractivity (Wildman–Crippen MR) is 65.9 cm³/mol. The summed E-state index contributed by atoms with van der Waals surface area (Å²) in [4.78, 5) is 4.58. The topological polar surface area (TPSA) is 35.2 Å². The van der Waals surface area contributed by atoms with E-state index in [1.54, 1.807) is 6.08 Å². The smallest absolute Gasteiger partial charge is 0.158 e. The van der Waals surface area contributed by atoms with Crippen molar-refractivity contribution in [2.24, 2.45) is 0 Å². The third kappa shape index (κ3) is 1.95. The molecule has 1 saturated heterocycles. The van der Waals surface area contributed by atoms with Crippen LogP contribution in [0.1, 0.15) is 11.3 Å². The molecule has 0 bridgehead atoms. The summed E-state index contributed by atoms with van der Waals surface area (Å²) >= 11 is 0. The van der Waals surface area contributed by atoms with Crippen molar-refractivity contribution >= 4 is 11.9 Å². The molecule has 4 nitrogen and oxygen atoms in total. The van der Waals surface area contributed by atoms with E-state index in [9.17, 15) is 4.39 Å². The van der Waals surface area contributed by atoms with Crippen LogP contribution in [-0.4, -0.2) is 54.5 Å². The number of nitrogens with zero attached hydrogens (tertiary/aromatic N) is 3. The molecule has 1 N–H and O–H groups in total. The Bertz CT molecular complexity index is 432. The lowest BCUT2D eigenvalue weighted by Crippen LogP contribution is -2.44. The maximum atomic E-state index is 13.2. The number of hydrogen-bond acceptors (Lipinski definition) is 3. The molecule has 3 rings (SSSR count). The lowest BCUT2D eigenvalue weighted by atomic mass is 10.0. The summed E-state index contributed by atoms with van der Waals surface area (Å²) in [6.45, 7) is 4.08. The number of piperazine rings is 1. The summed E-state index contributed by atoms with van der Waals surface area (Å²) in [6.07, 6.45) is 3.04. The molecule has 17 heavy (non-hydrogen) atoms. The van der Waals surface area contributed by atoms with Gasteiger partial charge in [0.05, 0.1) is 0 Å². The average Bonchev–Trinajstić information content (AvgIpc) is 2.73. The number of allylic oxidation sites excluding steroid dienone is 1. The number of nitrogens with one attached hydrogen (secondary N) is 1. The fourth-order valence-corrected chi connectivity index (χ4v) is 2.43. The predicted octanol–water partition coefficient (Wildman–Crippen LogP) is 1.07. The Morgan fingerprint density at radius 2 is 2.12 bits per heavy atom. The van der Waals surface area contributed by atoms with E-state index in [0.29, 0.717) is 6.42 Å². The molecule has 1 aliphatic carbocycles. The highest BCUT2D eigenvalue weighted by atomic mass is 19.1. The number of H-pyrrole nitrogens is 1. The first kappa shape index (κ1) is 10.8. The van der Waals surface area contributed by atoms with E-state index in [4.69, 9.17) is 0 Å². The van der Waals surface area contributed by atoms with Crippen molar-refractivity contribution in [3.8, 4) is 0 Å². The second-order valence-corrected chi connectivity index (χ2v) is 4.81. The van der Waals surface area contributed by atoms with Crippen molar-refractivity contribution in [2.45, 2.75) is 12.6 Å². The largest absolute Gasteiger partial charge is 0.352 e. The Balaban J connectivity index is 1.84. The van der Waals surface area contributed by atoms with E-state index in [1.165, 1.54) is 0 Å². The molecule has 5 heteroatoms. The van der Waals surface area contributed by atoms with E-state index in [0.717, 1.165) is 43.3 Å². The van der Waals surface area contributed by atoms with Crippen molar-refractivity contribution in [3.63, 3.8) is 0 Å². The average molecular weight is 236 g/mol. The lowest BCUT2D eigenvalue weighted by molar-refractivity contribution is 0.312. The van der Waals surface area contributed by atoms with Gasteiger partial charge in [-0.1, -0.05) is 6.08 Å².